The first kappa shape index (κ1) is 16.3. The normalized spacial score (nSPS) is 6.00. The molecule has 1 radical (unpaired) electrons. The number of esters is 2. The van der Waals surface area contributed by atoms with Crippen molar-refractivity contribution < 1.29 is 58.7 Å². The molecular weight excluding hydrogens is 263 g/mol. The minimum atomic E-state index is -0.562. The van der Waals surface area contributed by atoms with Gasteiger partial charge in [0.25, 0.3) is 0 Å². The summed E-state index contributed by atoms with van der Waals surface area (Å²) in [6, 6.07) is 0. The van der Waals surface area contributed by atoms with Gasteiger partial charge in [-0.2, -0.15) is 0 Å². The van der Waals surface area contributed by atoms with E-state index < -0.39 is 11.9 Å². The van der Waals surface area contributed by atoms with Crippen molar-refractivity contribution in [2.75, 3.05) is 0 Å². The van der Waals surface area contributed by atoms with Gasteiger partial charge in [0.05, 0.1) is 0 Å². The Kier molecular flexibility index (Phi) is 15.5. The van der Waals surface area contributed by atoms with Crippen LogP contribution >= 0.6 is 0 Å². The topological polar surface area (TPSA) is 43.4 Å². The quantitative estimate of drug-likeness (QED) is 0.356. The molecule has 0 aliphatic carbocycles. The van der Waals surface area contributed by atoms with E-state index in [2.05, 4.69) is 4.74 Å². The van der Waals surface area contributed by atoms with Crippen molar-refractivity contribution >= 4 is 11.9 Å². The van der Waals surface area contributed by atoms with Gasteiger partial charge in [0.1, 0.15) is 0 Å². The maximum atomic E-state index is 9.81. The van der Waals surface area contributed by atoms with Crippen LogP contribution in [0.2, 0.25) is 0 Å². The molecule has 0 aromatic heterocycles. The Hall–Kier alpha value is 0.582. The number of carbonyl (C=O) groups excluding carboxylic acids is 2. The van der Waals surface area contributed by atoms with E-state index >= 15 is 0 Å². The van der Waals surface area contributed by atoms with Gasteiger partial charge in [-0.25, -0.2) is 0 Å². The molecule has 0 heterocycles. The first-order valence-corrected chi connectivity index (χ1v) is 1.82. The van der Waals surface area contributed by atoms with Crippen molar-refractivity contribution in [1.82, 2.24) is 0 Å². The summed E-state index contributed by atoms with van der Waals surface area (Å²) in [6.07, 6.45) is 0. The predicted octanol–water partition coefficient (Wildman–Crippen LogP) is 0.0910. The van der Waals surface area contributed by atoms with E-state index in [0.29, 0.717) is 0 Å². The van der Waals surface area contributed by atoms with E-state index in [1.807, 2.05) is 0 Å². The molecule has 0 N–H and O–H groups in total. The number of ether oxygens (including phenoxy) is 1. The van der Waals surface area contributed by atoms with Crippen LogP contribution in [0.25, 0.3) is 0 Å². The van der Waals surface area contributed by atoms with Gasteiger partial charge in [0.2, 0.25) is 0 Å². The molecule has 9 heavy (non-hydrogen) atoms. The molecule has 5 heteroatoms. The van der Waals surface area contributed by atoms with Crippen LogP contribution in [0.1, 0.15) is 13.8 Å². The molecular formula is C4H6CdMnO3. The standard InChI is InChI=1S/C4H6O3.Cd.Mn/c1-3(5)7-4(2)6;;/h1-2H3;;. The first-order chi connectivity index (χ1) is 3.13. The third-order valence-electron chi connectivity index (χ3n) is 0.287. The van der Waals surface area contributed by atoms with Crippen LogP contribution in [0, 0.1) is 0 Å². The van der Waals surface area contributed by atoms with E-state index in [0.717, 1.165) is 0 Å². The smallest absolute Gasteiger partial charge is 0.310 e. The van der Waals surface area contributed by atoms with Gasteiger partial charge in [-0.3, -0.25) is 9.59 Å². The van der Waals surface area contributed by atoms with Gasteiger partial charge < -0.3 is 4.74 Å². The largest absolute Gasteiger partial charge is 0.394 e. The molecule has 0 aliphatic rings. The van der Waals surface area contributed by atoms with Gasteiger partial charge in [-0.05, 0) is 0 Å². The van der Waals surface area contributed by atoms with Crippen molar-refractivity contribution in [2.45, 2.75) is 13.8 Å². The molecule has 0 amide bonds. The second-order valence-corrected chi connectivity index (χ2v) is 1.09. The Morgan fingerprint density at radius 1 is 1.11 bits per heavy atom. The van der Waals surface area contributed by atoms with E-state index in [1.54, 1.807) is 0 Å². The van der Waals surface area contributed by atoms with Crippen LogP contribution in [-0.2, 0) is 58.7 Å². The fraction of sp³-hybridized carbons (Fsp3) is 0.500. The average Bonchev–Trinajstić information content (AvgIpc) is 1.27. The molecule has 0 rings (SSSR count). The van der Waals surface area contributed by atoms with Gasteiger partial charge >= 0.3 is 11.9 Å². The zero-order valence-electron chi connectivity index (χ0n) is 5.31. The molecule has 0 saturated heterocycles. The molecule has 0 aromatic rings. The SMILES string of the molecule is CC(=O)OC(C)=O.[Cd].[Mn]. The second-order valence-electron chi connectivity index (χ2n) is 1.09. The van der Waals surface area contributed by atoms with Crippen molar-refractivity contribution in [2.24, 2.45) is 0 Å². The summed E-state index contributed by atoms with van der Waals surface area (Å²) in [5.74, 6) is -1.12. The summed E-state index contributed by atoms with van der Waals surface area (Å²) in [5.41, 5.74) is 0. The summed E-state index contributed by atoms with van der Waals surface area (Å²) >= 11 is 0. The zero-order valence-corrected chi connectivity index (χ0v) is 10.5. The Morgan fingerprint density at radius 2 is 1.33 bits per heavy atom. The van der Waals surface area contributed by atoms with Crippen LogP contribution in [0.3, 0.4) is 0 Å². The molecule has 0 saturated carbocycles. The van der Waals surface area contributed by atoms with Crippen LogP contribution in [0.5, 0.6) is 0 Å². The van der Waals surface area contributed by atoms with E-state index in [9.17, 15) is 9.59 Å². The van der Waals surface area contributed by atoms with E-state index in [1.165, 1.54) is 13.8 Å². The van der Waals surface area contributed by atoms with Crippen molar-refractivity contribution in [3.8, 4) is 0 Å². The monoisotopic (exact) mass is 271 g/mol. The van der Waals surface area contributed by atoms with Crippen molar-refractivity contribution in [3.05, 3.63) is 0 Å². The molecule has 49 valence electrons. The summed E-state index contributed by atoms with van der Waals surface area (Å²) in [6.45, 7) is 2.36. The van der Waals surface area contributed by atoms with E-state index in [-0.39, 0.29) is 44.4 Å². The fourth-order valence-electron chi connectivity index (χ4n) is 0.202. The van der Waals surface area contributed by atoms with Gasteiger partial charge in [-0.15, -0.1) is 0 Å². The third kappa shape index (κ3) is 17.7. The molecule has 0 aliphatic heterocycles. The number of hydrogen-bond acceptors (Lipinski definition) is 3. The Labute approximate surface area is 84.1 Å². The van der Waals surface area contributed by atoms with Crippen LogP contribution < -0.4 is 0 Å². The van der Waals surface area contributed by atoms with Gasteiger partial charge in [0, 0.05) is 58.2 Å². The van der Waals surface area contributed by atoms with E-state index in [4.69, 9.17) is 0 Å². The molecule has 0 aromatic carbocycles. The molecule has 0 bridgehead atoms. The predicted molar refractivity (Wildman–Crippen MR) is 22.4 cm³/mol. The maximum Gasteiger partial charge on any atom is 0.310 e. The number of carbonyl (C=O) groups is 2. The maximum absolute atomic E-state index is 9.81. The molecule has 3 nitrogen and oxygen atoms in total. The average molecular weight is 269 g/mol. The fourth-order valence-corrected chi connectivity index (χ4v) is 0.202. The Morgan fingerprint density at radius 3 is 1.33 bits per heavy atom. The Balaban J connectivity index is -0.000000180. The summed E-state index contributed by atoms with van der Waals surface area (Å²) in [7, 11) is 0. The number of hydrogen-bond donors (Lipinski definition) is 0. The zero-order chi connectivity index (χ0) is 5.86. The Bertz CT molecular complexity index is 92.0. The molecule has 0 unspecified atom stereocenters. The molecule has 0 fully saturated rings. The second kappa shape index (κ2) is 8.58. The van der Waals surface area contributed by atoms with Crippen LogP contribution in [0.4, 0.5) is 0 Å². The van der Waals surface area contributed by atoms with Gasteiger partial charge in [0.15, 0.2) is 0 Å². The molecule has 0 spiro atoms. The molecule has 0 atom stereocenters. The minimum Gasteiger partial charge on any atom is -0.394 e. The van der Waals surface area contributed by atoms with Crippen LogP contribution in [0.15, 0.2) is 0 Å². The summed E-state index contributed by atoms with van der Waals surface area (Å²) in [4.78, 5) is 19.6. The van der Waals surface area contributed by atoms with Crippen LogP contribution in [-0.4, -0.2) is 11.9 Å². The summed E-state index contributed by atoms with van der Waals surface area (Å²) < 4.78 is 3.97. The summed E-state index contributed by atoms with van der Waals surface area (Å²) in [5, 5.41) is 0. The van der Waals surface area contributed by atoms with Crippen molar-refractivity contribution in [3.63, 3.8) is 0 Å². The van der Waals surface area contributed by atoms with Gasteiger partial charge in [-0.1, -0.05) is 0 Å². The number of rotatable bonds is 0. The van der Waals surface area contributed by atoms with Crippen molar-refractivity contribution in [1.29, 1.82) is 0 Å². The third-order valence-corrected chi connectivity index (χ3v) is 0.287. The first-order valence-electron chi connectivity index (χ1n) is 1.82. The minimum absolute atomic E-state index is 0.